The van der Waals surface area contributed by atoms with Crippen LogP contribution in [0.25, 0.3) is 11.1 Å². The van der Waals surface area contributed by atoms with Crippen molar-refractivity contribution in [2.45, 2.75) is 6.92 Å². The van der Waals surface area contributed by atoms with Gasteiger partial charge in [0, 0.05) is 17.3 Å². The predicted octanol–water partition coefficient (Wildman–Crippen LogP) is 4.09. The fraction of sp³-hybridized carbons (Fsp3) is 0.100. The van der Waals surface area contributed by atoms with Crippen LogP contribution < -0.4 is 0 Å². The molecule has 0 spiro atoms. The fourth-order valence-electron chi connectivity index (χ4n) is 2.46. The third kappa shape index (κ3) is 3.27. The van der Waals surface area contributed by atoms with Crippen molar-refractivity contribution in [3.05, 3.63) is 83.7 Å². The van der Waals surface area contributed by atoms with Crippen LogP contribution in [0.5, 0.6) is 0 Å². The molecule has 0 atom stereocenters. The molecular weight excluding hydrogens is 302 g/mol. The first-order valence-electron chi connectivity index (χ1n) is 7.74. The molecule has 0 fully saturated rings. The summed E-state index contributed by atoms with van der Waals surface area (Å²) in [5, 5.41) is 0. The van der Waals surface area contributed by atoms with E-state index in [9.17, 15) is 9.59 Å². The molecule has 0 amide bonds. The SMILES string of the molecule is CCOC(=O)c1cc(C(=O)c2ccc(-c3ccccc3)cc2)c[nH]1. The van der Waals surface area contributed by atoms with Crippen LogP contribution in [0, 0.1) is 0 Å². The average Bonchev–Trinajstić information content (AvgIpc) is 3.12. The largest absolute Gasteiger partial charge is 0.461 e. The number of H-pyrrole nitrogens is 1. The quantitative estimate of drug-likeness (QED) is 0.569. The van der Waals surface area contributed by atoms with E-state index >= 15 is 0 Å². The van der Waals surface area contributed by atoms with Crippen molar-refractivity contribution in [2.75, 3.05) is 6.61 Å². The topological polar surface area (TPSA) is 59.2 Å². The van der Waals surface area contributed by atoms with E-state index in [1.807, 2.05) is 42.5 Å². The van der Waals surface area contributed by atoms with Gasteiger partial charge in [-0.1, -0.05) is 54.6 Å². The van der Waals surface area contributed by atoms with Gasteiger partial charge in [-0.15, -0.1) is 0 Å². The summed E-state index contributed by atoms with van der Waals surface area (Å²) in [6.07, 6.45) is 1.53. The summed E-state index contributed by atoms with van der Waals surface area (Å²) in [6, 6.07) is 18.9. The Balaban J connectivity index is 1.79. The van der Waals surface area contributed by atoms with Crippen molar-refractivity contribution < 1.29 is 14.3 Å². The number of nitrogens with one attached hydrogen (secondary N) is 1. The highest BCUT2D eigenvalue weighted by Crippen LogP contribution is 2.20. The lowest BCUT2D eigenvalue weighted by Crippen LogP contribution is -2.04. The molecule has 4 heteroatoms. The minimum absolute atomic E-state index is 0.138. The first-order chi connectivity index (χ1) is 11.7. The first kappa shape index (κ1) is 15.7. The maximum Gasteiger partial charge on any atom is 0.354 e. The van der Waals surface area contributed by atoms with Gasteiger partial charge in [0.1, 0.15) is 5.69 Å². The summed E-state index contributed by atoms with van der Waals surface area (Å²) in [4.78, 5) is 27.0. The van der Waals surface area contributed by atoms with E-state index in [0.717, 1.165) is 11.1 Å². The number of hydrogen-bond donors (Lipinski definition) is 1. The third-order valence-corrected chi connectivity index (χ3v) is 3.69. The summed E-state index contributed by atoms with van der Waals surface area (Å²) < 4.78 is 4.91. The Morgan fingerprint density at radius 3 is 2.25 bits per heavy atom. The van der Waals surface area contributed by atoms with Crippen LogP contribution >= 0.6 is 0 Å². The van der Waals surface area contributed by atoms with Crippen LogP contribution in [-0.2, 0) is 4.74 Å². The standard InChI is InChI=1S/C20H17NO3/c1-2-24-20(23)18-12-17(13-21-18)19(22)16-10-8-15(9-11-16)14-6-4-3-5-7-14/h3-13,21H,2H2,1H3. The molecule has 0 saturated carbocycles. The van der Waals surface area contributed by atoms with Crippen LogP contribution in [0.15, 0.2) is 66.9 Å². The molecule has 1 heterocycles. The number of carbonyl (C=O) groups is 2. The number of rotatable bonds is 5. The van der Waals surface area contributed by atoms with E-state index in [1.54, 1.807) is 19.1 Å². The van der Waals surface area contributed by atoms with Gasteiger partial charge in [-0.3, -0.25) is 4.79 Å². The van der Waals surface area contributed by atoms with Crippen LogP contribution in [0.4, 0.5) is 0 Å². The average molecular weight is 319 g/mol. The molecular formula is C20H17NO3. The van der Waals surface area contributed by atoms with Crippen LogP contribution in [0.3, 0.4) is 0 Å². The van der Waals surface area contributed by atoms with Crippen molar-refractivity contribution in [3.8, 4) is 11.1 Å². The first-order valence-corrected chi connectivity index (χ1v) is 7.74. The maximum absolute atomic E-state index is 12.5. The van der Waals surface area contributed by atoms with Gasteiger partial charge in [-0.2, -0.15) is 0 Å². The Kier molecular flexibility index (Phi) is 4.57. The zero-order chi connectivity index (χ0) is 16.9. The summed E-state index contributed by atoms with van der Waals surface area (Å²) in [7, 11) is 0. The number of ketones is 1. The van der Waals surface area contributed by atoms with Gasteiger partial charge in [0.25, 0.3) is 0 Å². The third-order valence-electron chi connectivity index (χ3n) is 3.69. The van der Waals surface area contributed by atoms with E-state index in [2.05, 4.69) is 4.98 Å². The van der Waals surface area contributed by atoms with E-state index in [4.69, 9.17) is 4.74 Å². The highest BCUT2D eigenvalue weighted by molar-refractivity contribution is 6.10. The van der Waals surface area contributed by atoms with Gasteiger partial charge >= 0.3 is 5.97 Å². The van der Waals surface area contributed by atoms with Crippen molar-refractivity contribution in [3.63, 3.8) is 0 Å². The van der Waals surface area contributed by atoms with E-state index < -0.39 is 5.97 Å². The fourth-order valence-corrected chi connectivity index (χ4v) is 2.46. The van der Waals surface area contributed by atoms with E-state index in [0.29, 0.717) is 17.7 Å². The molecule has 3 rings (SSSR count). The van der Waals surface area contributed by atoms with Gasteiger partial charge in [-0.25, -0.2) is 4.79 Å². The maximum atomic E-state index is 12.5. The van der Waals surface area contributed by atoms with Gasteiger partial charge in [0.2, 0.25) is 0 Å². The minimum atomic E-state index is -0.462. The monoisotopic (exact) mass is 319 g/mol. The second-order valence-electron chi connectivity index (χ2n) is 5.29. The highest BCUT2D eigenvalue weighted by Gasteiger charge is 2.15. The van der Waals surface area contributed by atoms with Crippen LogP contribution in [0.2, 0.25) is 0 Å². The molecule has 0 aliphatic rings. The summed E-state index contributed by atoms with van der Waals surface area (Å²) >= 11 is 0. The lowest BCUT2D eigenvalue weighted by Gasteiger charge is -2.03. The number of carbonyl (C=O) groups excluding carboxylic acids is 2. The summed E-state index contributed by atoms with van der Waals surface area (Å²) in [5.74, 6) is -0.600. The van der Waals surface area contributed by atoms with Gasteiger partial charge in [-0.05, 0) is 24.1 Å². The number of ether oxygens (including phenoxy) is 1. The Hall–Kier alpha value is -3.14. The molecule has 0 unspecified atom stereocenters. The van der Waals surface area contributed by atoms with Gasteiger partial charge in [0.05, 0.1) is 6.61 Å². The predicted molar refractivity (Wildman–Crippen MR) is 92.1 cm³/mol. The number of aromatic nitrogens is 1. The lowest BCUT2D eigenvalue weighted by molar-refractivity contribution is 0.0520. The smallest absolute Gasteiger partial charge is 0.354 e. The number of esters is 1. The molecule has 1 N–H and O–H groups in total. The van der Waals surface area contributed by atoms with E-state index in [-0.39, 0.29) is 11.5 Å². The molecule has 0 radical (unpaired) electrons. The van der Waals surface area contributed by atoms with Crippen LogP contribution in [-0.4, -0.2) is 23.3 Å². The van der Waals surface area contributed by atoms with E-state index in [1.165, 1.54) is 12.3 Å². The molecule has 120 valence electrons. The highest BCUT2D eigenvalue weighted by atomic mass is 16.5. The number of hydrogen-bond acceptors (Lipinski definition) is 3. The molecule has 4 nitrogen and oxygen atoms in total. The molecule has 0 bridgehead atoms. The van der Waals surface area contributed by atoms with Crippen molar-refractivity contribution >= 4 is 11.8 Å². The second kappa shape index (κ2) is 6.96. The normalized spacial score (nSPS) is 10.4. The Labute approximate surface area is 140 Å². The summed E-state index contributed by atoms with van der Waals surface area (Å²) in [6.45, 7) is 2.03. The second-order valence-corrected chi connectivity index (χ2v) is 5.29. The molecule has 1 aromatic heterocycles. The summed E-state index contributed by atoms with van der Waals surface area (Å²) in [5.41, 5.74) is 3.44. The van der Waals surface area contributed by atoms with Crippen molar-refractivity contribution in [2.24, 2.45) is 0 Å². The Morgan fingerprint density at radius 1 is 0.917 bits per heavy atom. The molecule has 0 saturated heterocycles. The Bertz CT molecular complexity index is 848. The molecule has 0 aliphatic carbocycles. The molecule has 24 heavy (non-hydrogen) atoms. The van der Waals surface area contributed by atoms with Crippen molar-refractivity contribution in [1.82, 2.24) is 4.98 Å². The van der Waals surface area contributed by atoms with Crippen LogP contribution in [0.1, 0.15) is 33.3 Å². The zero-order valence-electron chi connectivity index (χ0n) is 13.3. The zero-order valence-corrected chi connectivity index (χ0v) is 13.3. The number of benzene rings is 2. The molecule has 3 aromatic rings. The molecule has 0 aliphatic heterocycles. The van der Waals surface area contributed by atoms with Gasteiger partial charge < -0.3 is 9.72 Å². The van der Waals surface area contributed by atoms with Crippen molar-refractivity contribution in [1.29, 1.82) is 0 Å². The Morgan fingerprint density at radius 2 is 1.58 bits per heavy atom. The van der Waals surface area contributed by atoms with Gasteiger partial charge in [0.15, 0.2) is 5.78 Å². The molecule has 2 aromatic carbocycles. The lowest BCUT2D eigenvalue weighted by atomic mass is 10.0. The number of aromatic amines is 1. The minimum Gasteiger partial charge on any atom is -0.461 e.